The molecular weight excluding hydrogens is 490 g/mol. The largest absolute Gasteiger partial charge is 0.508 e. The van der Waals surface area contributed by atoms with E-state index in [0.29, 0.717) is 6.42 Å². The molecule has 0 amide bonds. The summed E-state index contributed by atoms with van der Waals surface area (Å²) < 4.78 is 60.4. The summed E-state index contributed by atoms with van der Waals surface area (Å²) >= 11 is 0. The van der Waals surface area contributed by atoms with Crippen molar-refractivity contribution in [2.75, 3.05) is 23.4 Å². The van der Waals surface area contributed by atoms with Crippen LogP contribution in [0.1, 0.15) is 103 Å². The van der Waals surface area contributed by atoms with Crippen LogP contribution in [0.3, 0.4) is 0 Å². The zero-order chi connectivity index (χ0) is 26.0. The molecule has 1 rings (SSSR count). The highest BCUT2D eigenvalue weighted by Gasteiger charge is 2.16. The average Bonchev–Trinajstić information content (AvgIpc) is 2.78. The molecule has 0 aliphatic rings. The first-order chi connectivity index (χ1) is 16.6. The lowest BCUT2D eigenvalue weighted by Crippen LogP contribution is -2.16. The molecule has 0 atom stereocenters. The van der Waals surface area contributed by atoms with Crippen LogP contribution in [0.5, 0.6) is 11.5 Å². The average molecular weight is 536 g/mol. The lowest BCUT2D eigenvalue weighted by atomic mass is 10.0. The zero-order valence-electron chi connectivity index (χ0n) is 21.2. The Balaban J connectivity index is 2.22. The van der Waals surface area contributed by atoms with Gasteiger partial charge in [-0.3, -0.25) is 4.55 Å². The molecule has 1 aromatic carbocycles. The van der Waals surface area contributed by atoms with Crippen LogP contribution in [-0.2, 0) is 20.2 Å². The minimum atomic E-state index is -4.07. The Labute approximate surface area is 212 Å². The number of aromatic hydroxyl groups is 1. The fourth-order valence-corrected chi connectivity index (χ4v) is 5.43. The van der Waals surface area contributed by atoms with E-state index in [1.165, 1.54) is 82.4 Å². The highest BCUT2D eigenvalue weighted by Crippen LogP contribution is 2.30. The van der Waals surface area contributed by atoms with Crippen LogP contribution < -0.4 is 9.50 Å². The molecule has 8 nitrogen and oxygen atoms in total. The van der Waals surface area contributed by atoms with Crippen molar-refractivity contribution in [3.8, 4) is 11.5 Å². The van der Waals surface area contributed by atoms with Gasteiger partial charge in [0.15, 0.2) is 5.75 Å². The van der Waals surface area contributed by atoms with E-state index >= 15 is 0 Å². The topological polar surface area (TPSA) is 130 Å². The number of anilines is 1. The molecule has 0 bridgehead atoms. The van der Waals surface area contributed by atoms with E-state index in [4.69, 9.17) is 8.74 Å². The molecule has 0 saturated heterocycles. The van der Waals surface area contributed by atoms with Gasteiger partial charge in [0.1, 0.15) is 5.75 Å². The normalized spacial score (nSPS) is 12.1. The minimum Gasteiger partial charge on any atom is -0.508 e. The summed E-state index contributed by atoms with van der Waals surface area (Å²) in [6, 6.07) is 3.98. The van der Waals surface area contributed by atoms with E-state index in [0.717, 1.165) is 19.3 Å². The van der Waals surface area contributed by atoms with Gasteiger partial charge in [0.25, 0.3) is 10.1 Å². The monoisotopic (exact) mass is 535 g/mol. The number of rotatable bonds is 22. The van der Waals surface area contributed by atoms with Crippen molar-refractivity contribution in [3.63, 3.8) is 0 Å². The number of unbranched alkanes of at least 4 members (excludes halogenated alkanes) is 13. The highest BCUT2D eigenvalue weighted by molar-refractivity contribution is 7.87. The van der Waals surface area contributed by atoms with Crippen molar-refractivity contribution in [2.45, 2.75) is 103 Å². The van der Waals surface area contributed by atoms with Gasteiger partial charge in [-0.15, -0.1) is 0 Å². The molecule has 3 N–H and O–H groups in total. The van der Waals surface area contributed by atoms with Gasteiger partial charge in [-0.25, -0.2) is 0 Å². The molecular formula is C25H45NO7S2. The predicted octanol–water partition coefficient (Wildman–Crippen LogP) is 6.27. The van der Waals surface area contributed by atoms with Crippen molar-refractivity contribution >= 4 is 25.9 Å². The molecule has 0 heterocycles. The van der Waals surface area contributed by atoms with Crippen molar-refractivity contribution < 1.29 is 30.7 Å². The maximum absolute atomic E-state index is 12.4. The molecule has 10 heteroatoms. The molecule has 0 aliphatic carbocycles. The van der Waals surface area contributed by atoms with E-state index in [2.05, 4.69) is 12.2 Å². The second-order valence-corrected chi connectivity index (χ2v) is 12.5. The summed E-state index contributed by atoms with van der Waals surface area (Å²) in [6.45, 7) is 2.39. The van der Waals surface area contributed by atoms with Crippen LogP contribution in [0.25, 0.3) is 0 Å². The van der Waals surface area contributed by atoms with Gasteiger partial charge in [0.05, 0.1) is 17.2 Å². The van der Waals surface area contributed by atoms with Crippen LogP contribution >= 0.6 is 0 Å². The molecule has 0 aromatic heterocycles. The van der Waals surface area contributed by atoms with Crippen LogP contribution in [0.4, 0.5) is 5.69 Å². The van der Waals surface area contributed by atoms with Crippen LogP contribution in [0.2, 0.25) is 0 Å². The summed E-state index contributed by atoms with van der Waals surface area (Å²) in [5.41, 5.74) is 0.241. The lowest BCUT2D eigenvalue weighted by molar-refractivity contribution is 0.468. The Morgan fingerprint density at radius 3 is 1.77 bits per heavy atom. The summed E-state index contributed by atoms with van der Waals surface area (Å²) in [5, 5.41) is 12.5. The van der Waals surface area contributed by atoms with Gasteiger partial charge in [0, 0.05) is 12.6 Å². The molecule has 35 heavy (non-hydrogen) atoms. The first-order valence-corrected chi connectivity index (χ1v) is 16.3. The van der Waals surface area contributed by atoms with Gasteiger partial charge in [0.2, 0.25) is 0 Å². The Morgan fingerprint density at radius 2 is 1.26 bits per heavy atom. The predicted molar refractivity (Wildman–Crippen MR) is 142 cm³/mol. The number of nitrogens with one attached hydrogen (secondary N) is 1. The first-order valence-electron chi connectivity index (χ1n) is 13.1. The Hall–Kier alpha value is -1.52. The fourth-order valence-electron chi connectivity index (χ4n) is 3.86. The number of hydrogen-bond donors (Lipinski definition) is 3. The van der Waals surface area contributed by atoms with Crippen molar-refractivity contribution in [1.29, 1.82) is 0 Å². The number of benzene rings is 1. The van der Waals surface area contributed by atoms with E-state index in [9.17, 15) is 21.9 Å². The smallest absolute Gasteiger partial charge is 0.309 e. The summed E-state index contributed by atoms with van der Waals surface area (Å²) in [7, 11) is -7.87. The second-order valence-electron chi connectivity index (χ2n) is 9.19. The molecule has 0 saturated carbocycles. The Kier molecular flexibility index (Phi) is 16.1. The Bertz CT molecular complexity index is 902. The molecule has 1 aromatic rings. The SMILES string of the molecule is CCCCCCCCCCCCCCCCS(=O)(=O)Oc1ccc(O)cc1NCCCS(=O)(=O)O. The molecule has 0 aliphatic heterocycles. The third-order valence-electron chi connectivity index (χ3n) is 5.82. The quantitative estimate of drug-likeness (QED) is 0.0899. The standard InChI is InChI=1S/C25H45NO7S2/c1-2-3-4-5-6-7-8-9-10-11-12-13-14-15-21-35(31,32)33-25-18-17-23(27)22-24(25)26-19-16-20-34(28,29)30/h17-18,22,26-27H,2-16,19-21H2,1H3,(H,28,29,30). The van der Waals surface area contributed by atoms with Crippen molar-refractivity contribution in [3.05, 3.63) is 18.2 Å². The third-order valence-corrected chi connectivity index (χ3v) is 7.85. The Morgan fingerprint density at radius 1 is 0.743 bits per heavy atom. The molecule has 0 radical (unpaired) electrons. The first kappa shape index (κ1) is 31.5. The fraction of sp³-hybridized carbons (Fsp3) is 0.760. The molecule has 0 fully saturated rings. The van der Waals surface area contributed by atoms with Crippen molar-refractivity contribution in [2.24, 2.45) is 0 Å². The van der Waals surface area contributed by atoms with Gasteiger partial charge < -0.3 is 14.6 Å². The van der Waals surface area contributed by atoms with Gasteiger partial charge >= 0.3 is 10.1 Å². The van der Waals surface area contributed by atoms with Gasteiger partial charge in [-0.1, -0.05) is 90.4 Å². The lowest BCUT2D eigenvalue weighted by Gasteiger charge is -2.13. The molecule has 204 valence electrons. The third kappa shape index (κ3) is 17.5. The van der Waals surface area contributed by atoms with E-state index < -0.39 is 26.0 Å². The van der Waals surface area contributed by atoms with E-state index in [1.807, 2.05) is 0 Å². The second kappa shape index (κ2) is 17.8. The van der Waals surface area contributed by atoms with E-state index in [-0.39, 0.29) is 35.9 Å². The maximum atomic E-state index is 12.4. The summed E-state index contributed by atoms with van der Waals surface area (Å²) in [5.74, 6) is -0.556. The minimum absolute atomic E-state index is 0.0417. The van der Waals surface area contributed by atoms with Crippen molar-refractivity contribution in [1.82, 2.24) is 0 Å². The number of phenols is 1. The number of phenolic OH excluding ortho intramolecular Hbond substituents is 1. The highest BCUT2D eigenvalue weighted by atomic mass is 32.2. The summed E-state index contributed by atoms with van der Waals surface area (Å²) in [4.78, 5) is 0. The maximum Gasteiger partial charge on any atom is 0.309 e. The van der Waals surface area contributed by atoms with Gasteiger partial charge in [-0.2, -0.15) is 16.8 Å². The van der Waals surface area contributed by atoms with Crippen LogP contribution in [-0.4, -0.2) is 44.5 Å². The van der Waals surface area contributed by atoms with Crippen LogP contribution in [0.15, 0.2) is 18.2 Å². The van der Waals surface area contributed by atoms with E-state index in [1.54, 1.807) is 0 Å². The molecule has 0 unspecified atom stereocenters. The van der Waals surface area contributed by atoms with Gasteiger partial charge in [-0.05, 0) is 25.0 Å². The molecule has 0 spiro atoms. The number of hydrogen-bond acceptors (Lipinski definition) is 7. The van der Waals surface area contributed by atoms with Crippen LogP contribution in [0, 0.1) is 0 Å². The summed E-state index contributed by atoms with van der Waals surface area (Å²) in [6.07, 6.45) is 16.7. The zero-order valence-corrected chi connectivity index (χ0v) is 22.8.